The number of allylic oxidation sites excluding steroid dienone is 4. The van der Waals surface area contributed by atoms with Crippen molar-refractivity contribution in [3.8, 4) is 0 Å². The molecule has 130 valence electrons. The minimum absolute atomic E-state index is 0.101. The zero-order valence-corrected chi connectivity index (χ0v) is 15.0. The first-order chi connectivity index (χ1) is 11.7. The van der Waals surface area contributed by atoms with Crippen molar-refractivity contribution >= 4 is 21.0 Å². The maximum absolute atomic E-state index is 14.6. The highest BCUT2D eigenvalue weighted by Gasteiger charge is 2.22. The topological polar surface area (TPSA) is 34.1 Å². The molecule has 5 heteroatoms. The van der Waals surface area contributed by atoms with E-state index in [9.17, 15) is 17.2 Å². The van der Waals surface area contributed by atoms with Crippen LogP contribution in [0.3, 0.4) is 0 Å². The van der Waals surface area contributed by atoms with Crippen molar-refractivity contribution in [1.29, 1.82) is 0 Å². The van der Waals surface area contributed by atoms with Crippen molar-refractivity contribution in [3.05, 3.63) is 76.4 Å². The van der Waals surface area contributed by atoms with Gasteiger partial charge in [0.15, 0.2) is 9.84 Å². The quantitative estimate of drug-likeness (QED) is 0.784. The fraction of sp³-hybridized carbons (Fsp3) is 0.200. The Bertz CT molecular complexity index is 1010. The molecule has 1 aliphatic carbocycles. The molecule has 25 heavy (non-hydrogen) atoms. The van der Waals surface area contributed by atoms with Crippen LogP contribution in [0.1, 0.15) is 28.7 Å². The van der Waals surface area contributed by atoms with Gasteiger partial charge in [0.2, 0.25) is 0 Å². The van der Waals surface area contributed by atoms with E-state index in [0.717, 1.165) is 40.7 Å². The van der Waals surface area contributed by atoms with Gasteiger partial charge < -0.3 is 0 Å². The lowest BCUT2D eigenvalue weighted by Crippen LogP contribution is -2.04. The Morgan fingerprint density at radius 3 is 2.16 bits per heavy atom. The first kappa shape index (κ1) is 17.5. The summed E-state index contributed by atoms with van der Waals surface area (Å²) >= 11 is 0. The second-order valence-electron chi connectivity index (χ2n) is 6.41. The molecule has 0 N–H and O–H groups in total. The Hall–Kier alpha value is -2.27. The summed E-state index contributed by atoms with van der Waals surface area (Å²) in [5.74, 6) is -1.67. The van der Waals surface area contributed by atoms with Crippen LogP contribution < -0.4 is 0 Å². The van der Waals surface area contributed by atoms with Gasteiger partial charge in [0.1, 0.15) is 16.5 Å². The molecule has 2 nitrogen and oxygen atoms in total. The van der Waals surface area contributed by atoms with E-state index in [-0.39, 0.29) is 5.56 Å². The molecule has 0 aromatic heterocycles. The number of aryl methyl sites for hydroxylation is 2. The van der Waals surface area contributed by atoms with Crippen molar-refractivity contribution in [2.45, 2.75) is 25.2 Å². The van der Waals surface area contributed by atoms with Crippen molar-refractivity contribution in [3.63, 3.8) is 0 Å². The molecule has 0 bridgehead atoms. The number of hydrogen-bond acceptors (Lipinski definition) is 2. The Labute approximate surface area is 146 Å². The molecule has 3 rings (SSSR count). The molecule has 0 amide bonds. The van der Waals surface area contributed by atoms with E-state index >= 15 is 0 Å². The zero-order chi connectivity index (χ0) is 18.4. The molecule has 0 unspecified atom stereocenters. The molecule has 0 atom stereocenters. The maximum atomic E-state index is 14.6. The third-order valence-corrected chi connectivity index (χ3v) is 5.32. The molecule has 0 radical (unpaired) electrons. The van der Waals surface area contributed by atoms with Crippen LogP contribution in [0, 0.1) is 25.5 Å². The van der Waals surface area contributed by atoms with Gasteiger partial charge in [-0.2, -0.15) is 0 Å². The number of sulfone groups is 1. The summed E-state index contributed by atoms with van der Waals surface area (Å²) < 4.78 is 52.0. The molecule has 0 aliphatic heterocycles. The second kappa shape index (κ2) is 6.23. The van der Waals surface area contributed by atoms with E-state index in [1.807, 2.05) is 44.2 Å². The molecule has 0 spiro atoms. The van der Waals surface area contributed by atoms with E-state index in [2.05, 4.69) is 0 Å². The lowest BCUT2D eigenvalue weighted by molar-refractivity contribution is 0.554. The summed E-state index contributed by atoms with van der Waals surface area (Å²) in [5.41, 5.74) is 4.69. The van der Waals surface area contributed by atoms with Crippen LogP contribution in [0.15, 0.2) is 47.4 Å². The number of halogens is 2. The molecule has 0 saturated carbocycles. The Balaban J connectivity index is 2.20. The van der Waals surface area contributed by atoms with Crippen LogP contribution in [-0.4, -0.2) is 14.7 Å². The standard InChI is InChI=1S/C20H18F2O2S/c1-12-7-13(2)9-14(8-12)15-5-4-6-16(15)17-10-19(22)20(11-18(17)21)25(3,23)24/h4-5,7-11H,6H2,1-3H3. The van der Waals surface area contributed by atoms with Crippen LogP contribution in [0.4, 0.5) is 8.78 Å². The fourth-order valence-electron chi connectivity index (χ4n) is 3.20. The highest BCUT2D eigenvalue weighted by Crippen LogP contribution is 2.37. The lowest BCUT2D eigenvalue weighted by atomic mass is 9.94. The van der Waals surface area contributed by atoms with E-state index in [1.165, 1.54) is 0 Å². The average Bonchev–Trinajstić information content (AvgIpc) is 2.96. The van der Waals surface area contributed by atoms with E-state index in [0.29, 0.717) is 12.0 Å². The van der Waals surface area contributed by atoms with Gasteiger partial charge in [-0.25, -0.2) is 17.2 Å². The minimum atomic E-state index is -3.82. The molecule has 0 fully saturated rings. The normalized spacial score (nSPS) is 14.4. The largest absolute Gasteiger partial charge is 0.224 e. The lowest BCUT2D eigenvalue weighted by Gasteiger charge is -2.12. The summed E-state index contributed by atoms with van der Waals surface area (Å²) in [6, 6.07) is 7.79. The minimum Gasteiger partial charge on any atom is -0.224 e. The Kier molecular flexibility index (Phi) is 4.37. The number of hydrogen-bond donors (Lipinski definition) is 0. The third-order valence-electron chi connectivity index (χ3n) is 4.21. The maximum Gasteiger partial charge on any atom is 0.178 e. The third kappa shape index (κ3) is 3.42. The van der Waals surface area contributed by atoms with Gasteiger partial charge in [0.05, 0.1) is 0 Å². The second-order valence-corrected chi connectivity index (χ2v) is 8.39. The van der Waals surface area contributed by atoms with Crippen LogP contribution in [0.2, 0.25) is 0 Å². The SMILES string of the molecule is Cc1cc(C)cc(C2=C(c3cc(F)c(S(C)(=O)=O)cc3F)CC=C2)c1. The summed E-state index contributed by atoms with van der Waals surface area (Å²) in [6.07, 6.45) is 5.12. The van der Waals surface area contributed by atoms with Crippen LogP contribution in [-0.2, 0) is 9.84 Å². The summed E-state index contributed by atoms with van der Waals surface area (Å²) in [6.45, 7) is 3.97. The van der Waals surface area contributed by atoms with E-state index < -0.39 is 26.4 Å². The van der Waals surface area contributed by atoms with Crippen LogP contribution >= 0.6 is 0 Å². The van der Waals surface area contributed by atoms with Crippen molar-refractivity contribution in [1.82, 2.24) is 0 Å². The van der Waals surface area contributed by atoms with Gasteiger partial charge in [0, 0.05) is 11.8 Å². The first-order valence-corrected chi connectivity index (χ1v) is 9.74. The number of benzene rings is 2. The van der Waals surface area contributed by atoms with Gasteiger partial charge in [0.25, 0.3) is 0 Å². The Morgan fingerprint density at radius 1 is 0.920 bits per heavy atom. The summed E-state index contributed by atoms with van der Waals surface area (Å²) in [5, 5.41) is 0. The van der Waals surface area contributed by atoms with Gasteiger partial charge in [-0.15, -0.1) is 0 Å². The van der Waals surface area contributed by atoms with Gasteiger partial charge in [-0.1, -0.05) is 41.5 Å². The predicted octanol–water partition coefficient (Wildman–Crippen LogP) is 4.86. The molecule has 2 aromatic rings. The van der Waals surface area contributed by atoms with Crippen molar-refractivity contribution in [2.75, 3.05) is 6.26 Å². The van der Waals surface area contributed by atoms with Gasteiger partial charge >= 0.3 is 0 Å². The summed E-state index contributed by atoms with van der Waals surface area (Å²) in [4.78, 5) is -0.617. The number of rotatable bonds is 3. The van der Waals surface area contributed by atoms with Crippen LogP contribution in [0.5, 0.6) is 0 Å². The molecular formula is C20H18F2O2S. The summed E-state index contributed by atoms with van der Waals surface area (Å²) in [7, 11) is -3.82. The van der Waals surface area contributed by atoms with E-state index in [4.69, 9.17) is 0 Å². The van der Waals surface area contributed by atoms with Gasteiger partial charge in [-0.05, 0) is 49.1 Å². The zero-order valence-electron chi connectivity index (χ0n) is 14.2. The first-order valence-electron chi connectivity index (χ1n) is 7.84. The van der Waals surface area contributed by atoms with Crippen molar-refractivity contribution < 1.29 is 17.2 Å². The smallest absolute Gasteiger partial charge is 0.178 e. The highest BCUT2D eigenvalue weighted by atomic mass is 32.2. The molecule has 0 saturated heterocycles. The predicted molar refractivity (Wildman–Crippen MR) is 96.0 cm³/mol. The van der Waals surface area contributed by atoms with Crippen molar-refractivity contribution in [2.24, 2.45) is 0 Å². The molecular weight excluding hydrogens is 342 g/mol. The average molecular weight is 360 g/mol. The van der Waals surface area contributed by atoms with Gasteiger partial charge in [-0.3, -0.25) is 0 Å². The Morgan fingerprint density at radius 2 is 1.56 bits per heavy atom. The van der Waals surface area contributed by atoms with E-state index in [1.54, 1.807) is 0 Å². The monoisotopic (exact) mass is 360 g/mol. The highest BCUT2D eigenvalue weighted by molar-refractivity contribution is 7.90. The van der Waals surface area contributed by atoms with Crippen LogP contribution in [0.25, 0.3) is 11.1 Å². The molecule has 2 aromatic carbocycles. The molecule has 1 aliphatic rings. The molecule has 0 heterocycles. The fourth-order valence-corrected chi connectivity index (χ4v) is 3.94.